The highest BCUT2D eigenvalue weighted by atomic mass is 15.2. The molecule has 2 rings (SSSR count). The molecular formula is C16H21N3. The second kappa shape index (κ2) is 5.74. The number of hydrogen-bond acceptors (Lipinski definition) is 3. The van der Waals surface area contributed by atoms with Crippen molar-refractivity contribution in [3.63, 3.8) is 0 Å². The van der Waals surface area contributed by atoms with Gasteiger partial charge in [-0.25, -0.2) is 4.98 Å². The average Bonchev–Trinajstić information content (AvgIpc) is 2.35. The van der Waals surface area contributed by atoms with Crippen molar-refractivity contribution in [2.24, 2.45) is 0 Å². The summed E-state index contributed by atoms with van der Waals surface area (Å²) in [5.74, 6) is 1.01. The summed E-state index contributed by atoms with van der Waals surface area (Å²) in [5.41, 5.74) is 9.07. The molecule has 3 nitrogen and oxygen atoms in total. The third kappa shape index (κ3) is 3.47. The van der Waals surface area contributed by atoms with Gasteiger partial charge in [-0.3, -0.25) is 0 Å². The maximum Gasteiger partial charge on any atom is 0.129 e. The van der Waals surface area contributed by atoms with E-state index in [1.807, 2.05) is 30.5 Å². The van der Waals surface area contributed by atoms with E-state index in [2.05, 4.69) is 42.8 Å². The maximum atomic E-state index is 5.84. The highest BCUT2D eigenvalue weighted by Crippen LogP contribution is 2.19. The molecule has 2 N–H and O–H groups in total. The van der Waals surface area contributed by atoms with E-state index in [1.165, 1.54) is 11.1 Å². The summed E-state index contributed by atoms with van der Waals surface area (Å²) in [7, 11) is 0. The number of benzene rings is 1. The number of aromatic nitrogens is 1. The average molecular weight is 255 g/mol. The number of nitrogen functional groups attached to an aromatic ring is 1. The fourth-order valence-corrected chi connectivity index (χ4v) is 2.09. The molecule has 0 aliphatic heterocycles. The second-order valence-electron chi connectivity index (χ2n) is 5.16. The molecule has 0 unspecified atom stereocenters. The van der Waals surface area contributed by atoms with E-state index in [0.717, 1.165) is 18.1 Å². The van der Waals surface area contributed by atoms with Gasteiger partial charge in [-0.15, -0.1) is 0 Å². The number of aryl methyl sites for hydroxylation is 1. The normalized spacial score (nSPS) is 10.7. The van der Waals surface area contributed by atoms with Crippen LogP contribution in [0.5, 0.6) is 0 Å². The van der Waals surface area contributed by atoms with Gasteiger partial charge in [0.15, 0.2) is 0 Å². The largest absolute Gasteiger partial charge is 0.399 e. The molecule has 0 fully saturated rings. The predicted molar refractivity (Wildman–Crippen MR) is 81.1 cm³/mol. The highest BCUT2D eigenvalue weighted by Gasteiger charge is 2.12. The van der Waals surface area contributed by atoms with Gasteiger partial charge in [0.05, 0.1) is 0 Å². The van der Waals surface area contributed by atoms with Crippen LogP contribution in [0, 0.1) is 6.92 Å². The predicted octanol–water partition coefficient (Wildman–Crippen LogP) is 3.39. The molecule has 1 aromatic heterocycles. The van der Waals surface area contributed by atoms with Gasteiger partial charge in [0, 0.05) is 24.5 Å². The standard InChI is InChI=1S/C16H21N3/c1-12(2)19(16-9-13(3)7-8-18-16)11-14-5-4-6-15(17)10-14/h4-10,12H,11,17H2,1-3H3. The SMILES string of the molecule is Cc1ccnc(N(Cc2cccc(N)c2)C(C)C)c1. The Labute approximate surface area is 115 Å². The molecule has 100 valence electrons. The van der Waals surface area contributed by atoms with Crippen LogP contribution >= 0.6 is 0 Å². The third-order valence-electron chi connectivity index (χ3n) is 3.12. The molecule has 0 bridgehead atoms. The minimum atomic E-state index is 0.385. The second-order valence-corrected chi connectivity index (χ2v) is 5.16. The van der Waals surface area contributed by atoms with Crippen molar-refractivity contribution >= 4 is 11.5 Å². The molecule has 0 saturated heterocycles. The first-order chi connectivity index (χ1) is 9.06. The van der Waals surface area contributed by atoms with Gasteiger partial charge in [-0.2, -0.15) is 0 Å². The molecule has 2 aromatic rings. The van der Waals surface area contributed by atoms with Gasteiger partial charge < -0.3 is 10.6 Å². The summed E-state index contributed by atoms with van der Waals surface area (Å²) < 4.78 is 0. The lowest BCUT2D eigenvalue weighted by molar-refractivity contribution is 0.672. The molecule has 0 saturated carbocycles. The van der Waals surface area contributed by atoms with Gasteiger partial charge in [-0.05, 0) is 56.2 Å². The lowest BCUT2D eigenvalue weighted by Gasteiger charge is -2.28. The van der Waals surface area contributed by atoms with E-state index in [0.29, 0.717) is 6.04 Å². The van der Waals surface area contributed by atoms with E-state index in [-0.39, 0.29) is 0 Å². The summed E-state index contributed by atoms with van der Waals surface area (Å²) in [6.45, 7) is 7.26. The van der Waals surface area contributed by atoms with Crippen LogP contribution in [0.15, 0.2) is 42.6 Å². The Morgan fingerprint density at radius 3 is 2.63 bits per heavy atom. The molecule has 0 aliphatic rings. The van der Waals surface area contributed by atoms with Gasteiger partial charge >= 0.3 is 0 Å². The summed E-state index contributed by atoms with van der Waals surface area (Å²) >= 11 is 0. The summed E-state index contributed by atoms with van der Waals surface area (Å²) in [4.78, 5) is 6.75. The zero-order valence-electron chi connectivity index (χ0n) is 11.8. The number of rotatable bonds is 4. The molecule has 3 heteroatoms. The molecule has 0 radical (unpaired) electrons. The number of pyridine rings is 1. The summed E-state index contributed by atoms with van der Waals surface area (Å²) in [6.07, 6.45) is 1.86. The smallest absolute Gasteiger partial charge is 0.129 e. The Morgan fingerprint density at radius 1 is 1.21 bits per heavy atom. The van der Waals surface area contributed by atoms with E-state index < -0.39 is 0 Å². The Kier molecular flexibility index (Phi) is 4.05. The number of hydrogen-bond donors (Lipinski definition) is 1. The van der Waals surface area contributed by atoms with E-state index >= 15 is 0 Å². The van der Waals surface area contributed by atoms with Crippen molar-refractivity contribution < 1.29 is 0 Å². The van der Waals surface area contributed by atoms with Crippen LogP contribution in [0.1, 0.15) is 25.0 Å². The van der Waals surface area contributed by atoms with Crippen molar-refractivity contribution in [2.45, 2.75) is 33.4 Å². The highest BCUT2D eigenvalue weighted by molar-refractivity contribution is 5.45. The summed E-state index contributed by atoms with van der Waals surface area (Å²) in [6, 6.07) is 12.5. The Morgan fingerprint density at radius 2 is 2.00 bits per heavy atom. The Hall–Kier alpha value is -2.03. The molecule has 0 aliphatic carbocycles. The van der Waals surface area contributed by atoms with Crippen LogP contribution in [-0.4, -0.2) is 11.0 Å². The zero-order valence-corrected chi connectivity index (χ0v) is 11.8. The van der Waals surface area contributed by atoms with Gasteiger partial charge in [0.25, 0.3) is 0 Å². The Bertz CT molecular complexity index is 549. The van der Waals surface area contributed by atoms with Crippen LogP contribution < -0.4 is 10.6 Å². The lowest BCUT2D eigenvalue weighted by Crippen LogP contribution is -2.30. The minimum Gasteiger partial charge on any atom is -0.399 e. The van der Waals surface area contributed by atoms with Crippen LogP contribution in [0.25, 0.3) is 0 Å². The quantitative estimate of drug-likeness (QED) is 0.851. The number of anilines is 2. The van der Waals surface area contributed by atoms with Crippen LogP contribution in [0.2, 0.25) is 0 Å². The topological polar surface area (TPSA) is 42.2 Å². The van der Waals surface area contributed by atoms with Crippen LogP contribution in [-0.2, 0) is 6.54 Å². The molecule has 1 heterocycles. The van der Waals surface area contributed by atoms with Crippen LogP contribution in [0.4, 0.5) is 11.5 Å². The van der Waals surface area contributed by atoms with Crippen molar-refractivity contribution in [2.75, 3.05) is 10.6 Å². The first kappa shape index (κ1) is 13.4. The minimum absolute atomic E-state index is 0.385. The third-order valence-corrected chi connectivity index (χ3v) is 3.12. The van der Waals surface area contributed by atoms with Crippen LogP contribution in [0.3, 0.4) is 0 Å². The van der Waals surface area contributed by atoms with Gasteiger partial charge in [0.2, 0.25) is 0 Å². The monoisotopic (exact) mass is 255 g/mol. The molecule has 0 amide bonds. The first-order valence-corrected chi connectivity index (χ1v) is 6.60. The van der Waals surface area contributed by atoms with E-state index in [1.54, 1.807) is 0 Å². The van der Waals surface area contributed by atoms with E-state index in [9.17, 15) is 0 Å². The fourth-order valence-electron chi connectivity index (χ4n) is 2.09. The first-order valence-electron chi connectivity index (χ1n) is 6.60. The van der Waals surface area contributed by atoms with E-state index in [4.69, 9.17) is 5.73 Å². The molecule has 0 atom stereocenters. The molecule has 0 spiro atoms. The van der Waals surface area contributed by atoms with Crippen molar-refractivity contribution in [3.8, 4) is 0 Å². The summed E-state index contributed by atoms with van der Waals surface area (Å²) in [5, 5.41) is 0. The molecular weight excluding hydrogens is 234 g/mol. The van der Waals surface area contributed by atoms with Gasteiger partial charge in [-0.1, -0.05) is 12.1 Å². The maximum absolute atomic E-state index is 5.84. The fraction of sp³-hybridized carbons (Fsp3) is 0.312. The zero-order chi connectivity index (χ0) is 13.8. The van der Waals surface area contributed by atoms with Crippen molar-refractivity contribution in [3.05, 3.63) is 53.7 Å². The molecule has 19 heavy (non-hydrogen) atoms. The number of nitrogens with zero attached hydrogens (tertiary/aromatic N) is 2. The Balaban J connectivity index is 2.26. The van der Waals surface area contributed by atoms with Crippen molar-refractivity contribution in [1.29, 1.82) is 0 Å². The molecule has 1 aromatic carbocycles. The number of nitrogens with two attached hydrogens (primary N) is 1. The lowest BCUT2D eigenvalue weighted by atomic mass is 10.1. The van der Waals surface area contributed by atoms with Gasteiger partial charge in [0.1, 0.15) is 5.82 Å². The van der Waals surface area contributed by atoms with Crippen molar-refractivity contribution in [1.82, 2.24) is 4.98 Å².